The zero-order valence-corrected chi connectivity index (χ0v) is 31.6. The van der Waals surface area contributed by atoms with Crippen LogP contribution in [0.2, 0.25) is 0 Å². The second-order valence-electron chi connectivity index (χ2n) is 14.4. The summed E-state index contributed by atoms with van der Waals surface area (Å²) in [6.45, 7) is 0. The van der Waals surface area contributed by atoms with Gasteiger partial charge in [-0.25, -0.2) is 15.0 Å². The molecule has 0 unspecified atom stereocenters. The molecule has 12 aromatic rings. The fraction of sp³-hybridized carbons (Fsp3) is 0. The minimum Gasteiger partial charge on any atom is -0.309 e. The molecule has 0 radical (unpaired) electrons. The van der Waals surface area contributed by atoms with E-state index in [4.69, 9.17) is 21.8 Å². The summed E-state index contributed by atoms with van der Waals surface area (Å²) in [6, 6.07) is 54.4. The molecule has 0 N–H and O–H groups in total. The number of hydrogen-bond donors (Lipinski definition) is 0. The molecule has 0 atom stereocenters. The van der Waals surface area contributed by atoms with Crippen LogP contribution in [0.4, 0.5) is 0 Å². The Morgan fingerprint density at radius 1 is 0.431 bits per heavy atom. The molecule has 0 amide bonds. The van der Waals surface area contributed by atoms with Gasteiger partial charge in [-0.1, -0.05) is 164 Å². The highest BCUT2D eigenvalue weighted by molar-refractivity contribution is 7.26. The SMILES string of the molecule is [2H]c1c([2H])c([2H])c(-c2ccc3c(c2)sc2c(-c4nc(-c5ccccc5)nc(-c5cccc6ccc7ccccc7c56)n4)cc(-n4c5ccccc5c5ccccc54)cc23)c([2H])c1[2H]. The zero-order chi connectivity index (χ0) is 42.5. The Hall–Kier alpha value is -7.47. The number of rotatable bonds is 5. The van der Waals surface area contributed by atoms with Gasteiger partial charge < -0.3 is 4.57 Å². The van der Waals surface area contributed by atoms with Crippen LogP contribution in [0.3, 0.4) is 0 Å². The van der Waals surface area contributed by atoms with E-state index in [9.17, 15) is 0 Å². The Labute approximate surface area is 345 Å². The van der Waals surface area contributed by atoms with Gasteiger partial charge in [0.05, 0.1) is 17.9 Å². The van der Waals surface area contributed by atoms with Gasteiger partial charge in [0, 0.05) is 58.7 Å². The fourth-order valence-corrected chi connectivity index (χ4v) is 9.72. The third-order valence-corrected chi connectivity index (χ3v) is 12.3. The normalized spacial score (nSPS) is 13.0. The third kappa shape index (κ3) is 5.18. The molecular weight excluding hydrogens is 725 g/mol. The lowest BCUT2D eigenvalue weighted by Gasteiger charge is -2.14. The Kier molecular flexibility index (Phi) is 6.30. The molecule has 0 aliphatic rings. The number of fused-ring (bicyclic) bond motifs is 9. The van der Waals surface area contributed by atoms with Crippen LogP contribution in [0.1, 0.15) is 6.85 Å². The highest BCUT2D eigenvalue weighted by Gasteiger charge is 2.22. The lowest BCUT2D eigenvalue weighted by Crippen LogP contribution is -2.02. The van der Waals surface area contributed by atoms with Crippen LogP contribution in [0.25, 0.3) is 115 Å². The maximum atomic E-state index is 8.76. The first-order valence-corrected chi connectivity index (χ1v) is 19.9. The Morgan fingerprint density at radius 3 is 1.88 bits per heavy atom. The lowest BCUT2D eigenvalue weighted by molar-refractivity contribution is 1.08. The molecule has 58 heavy (non-hydrogen) atoms. The second-order valence-corrected chi connectivity index (χ2v) is 15.5. The number of nitrogens with zero attached hydrogens (tertiary/aromatic N) is 4. The van der Waals surface area contributed by atoms with Gasteiger partial charge in [0.15, 0.2) is 17.5 Å². The number of thiophene rings is 1. The summed E-state index contributed by atoms with van der Waals surface area (Å²) < 4.78 is 46.6. The molecule has 3 heterocycles. The molecule has 9 aromatic carbocycles. The molecule has 0 saturated heterocycles. The second kappa shape index (κ2) is 13.1. The Balaban J connectivity index is 1.18. The van der Waals surface area contributed by atoms with Gasteiger partial charge >= 0.3 is 0 Å². The van der Waals surface area contributed by atoms with Gasteiger partial charge in [-0.3, -0.25) is 0 Å². The number of benzene rings is 9. The summed E-state index contributed by atoms with van der Waals surface area (Å²) in [5.41, 5.74) is 6.37. The lowest BCUT2D eigenvalue weighted by atomic mass is 9.97. The summed E-state index contributed by atoms with van der Waals surface area (Å²) in [7, 11) is 0. The van der Waals surface area contributed by atoms with Crippen LogP contribution >= 0.6 is 11.3 Å². The molecule has 3 aromatic heterocycles. The smallest absolute Gasteiger partial charge is 0.165 e. The monoisotopic (exact) mass is 761 g/mol. The molecule has 0 fully saturated rings. The summed E-state index contributed by atoms with van der Waals surface area (Å²) in [5.74, 6) is 1.62. The number of aromatic nitrogens is 4. The summed E-state index contributed by atoms with van der Waals surface area (Å²) >= 11 is 1.57. The maximum Gasteiger partial charge on any atom is 0.165 e. The van der Waals surface area contributed by atoms with E-state index in [1.54, 1.807) is 11.3 Å². The van der Waals surface area contributed by atoms with E-state index in [0.717, 1.165) is 85.9 Å². The highest BCUT2D eigenvalue weighted by Crippen LogP contribution is 2.44. The average Bonchev–Trinajstić information content (AvgIpc) is 3.87. The van der Waals surface area contributed by atoms with Crippen molar-refractivity contribution in [2.45, 2.75) is 0 Å². The topological polar surface area (TPSA) is 43.6 Å². The summed E-state index contributed by atoms with van der Waals surface area (Å²) in [5, 5.41) is 8.63. The van der Waals surface area contributed by atoms with Crippen molar-refractivity contribution in [1.29, 1.82) is 0 Å². The minimum absolute atomic E-state index is 0.170. The van der Waals surface area contributed by atoms with E-state index < -0.39 is 6.04 Å². The molecule has 4 nitrogen and oxygen atoms in total. The summed E-state index contributed by atoms with van der Waals surface area (Å²) in [4.78, 5) is 15.9. The van der Waals surface area contributed by atoms with Crippen molar-refractivity contribution in [3.05, 3.63) is 194 Å². The van der Waals surface area contributed by atoms with Crippen LogP contribution in [-0.2, 0) is 0 Å². The van der Waals surface area contributed by atoms with Crippen molar-refractivity contribution in [2.24, 2.45) is 0 Å². The van der Waals surface area contributed by atoms with Gasteiger partial charge in [-0.2, -0.15) is 0 Å². The quantitative estimate of drug-likeness (QED) is 0.164. The molecule has 270 valence electrons. The van der Waals surface area contributed by atoms with Crippen molar-refractivity contribution >= 4 is 74.9 Å². The predicted octanol–water partition coefficient (Wildman–Crippen LogP) is 14.3. The maximum absolute atomic E-state index is 8.76. The Bertz CT molecular complexity index is 3800. The molecule has 0 spiro atoms. The summed E-state index contributed by atoms with van der Waals surface area (Å²) in [6.07, 6.45) is 0. The molecule has 0 saturated carbocycles. The highest BCUT2D eigenvalue weighted by atomic mass is 32.1. The first-order chi connectivity index (χ1) is 30.8. The standard InChI is InChI=1S/C53H32N4S/c1-3-14-33(15-4-1)37-28-29-42-44-31-38(57-46-24-11-9-21-40(46)41-22-10-12-25-47(41)57)32-45(50(44)58-48(42)30-37)53-55-51(36-17-5-2-6-18-36)54-52(56-53)43-23-13-19-35-27-26-34-16-7-8-20-39(34)49(35)43/h1-32H/i1D,3D,4D,14D,15D. The first kappa shape index (κ1) is 28.0. The molecule has 0 aliphatic heterocycles. The molecule has 12 rings (SSSR count). The molecular formula is C53H32N4S. The van der Waals surface area contributed by atoms with Crippen molar-refractivity contribution in [1.82, 2.24) is 19.5 Å². The van der Waals surface area contributed by atoms with Gasteiger partial charge in [-0.05, 0) is 57.6 Å². The van der Waals surface area contributed by atoms with E-state index in [1.807, 2.05) is 48.5 Å². The van der Waals surface area contributed by atoms with Crippen molar-refractivity contribution in [3.8, 4) is 51.0 Å². The average molecular weight is 762 g/mol. The molecule has 0 bridgehead atoms. The van der Waals surface area contributed by atoms with E-state index in [0.29, 0.717) is 23.0 Å². The van der Waals surface area contributed by atoms with E-state index in [-0.39, 0.29) is 29.7 Å². The van der Waals surface area contributed by atoms with E-state index >= 15 is 0 Å². The molecule has 5 heteroatoms. The van der Waals surface area contributed by atoms with Gasteiger partial charge in [0.2, 0.25) is 0 Å². The van der Waals surface area contributed by atoms with Crippen LogP contribution < -0.4 is 0 Å². The van der Waals surface area contributed by atoms with Gasteiger partial charge in [-0.15, -0.1) is 11.3 Å². The van der Waals surface area contributed by atoms with Crippen LogP contribution in [-0.4, -0.2) is 19.5 Å². The third-order valence-electron chi connectivity index (χ3n) is 11.1. The molecule has 0 aliphatic carbocycles. The van der Waals surface area contributed by atoms with E-state index in [2.05, 4.69) is 120 Å². The van der Waals surface area contributed by atoms with E-state index in [1.165, 1.54) is 0 Å². The fourth-order valence-electron chi connectivity index (χ4n) is 8.49. The Morgan fingerprint density at radius 2 is 1.09 bits per heavy atom. The van der Waals surface area contributed by atoms with Crippen molar-refractivity contribution in [2.75, 3.05) is 0 Å². The first-order valence-electron chi connectivity index (χ1n) is 21.6. The predicted molar refractivity (Wildman–Crippen MR) is 244 cm³/mol. The number of para-hydroxylation sites is 2. The largest absolute Gasteiger partial charge is 0.309 e. The number of hydrogen-bond acceptors (Lipinski definition) is 4. The van der Waals surface area contributed by atoms with Crippen LogP contribution in [0.15, 0.2) is 194 Å². The van der Waals surface area contributed by atoms with Crippen molar-refractivity contribution in [3.63, 3.8) is 0 Å². The van der Waals surface area contributed by atoms with Crippen molar-refractivity contribution < 1.29 is 6.85 Å². The van der Waals surface area contributed by atoms with Crippen LogP contribution in [0, 0.1) is 0 Å². The van der Waals surface area contributed by atoms with Gasteiger partial charge in [0.1, 0.15) is 0 Å². The van der Waals surface area contributed by atoms with Gasteiger partial charge in [0.25, 0.3) is 0 Å². The van der Waals surface area contributed by atoms with Crippen LogP contribution in [0.5, 0.6) is 0 Å². The minimum atomic E-state index is -0.415. The zero-order valence-electron chi connectivity index (χ0n) is 35.8.